The van der Waals surface area contributed by atoms with Gasteiger partial charge in [-0.3, -0.25) is 14.9 Å². The van der Waals surface area contributed by atoms with Gasteiger partial charge in [-0.05, 0) is 30.2 Å². The fraction of sp³-hybridized carbons (Fsp3) is 0.188. The van der Waals surface area contributed by atoms with E-state index in [0.717, 1.165) is 11.3 Å². The molecule has 0 atom stereocenters. The van der Waals surface area contributed by atoms with Crippen molar-refractivity contribution in [1.29, 1.82) is 0 Å². The van der Waals surface area contributed by atoms with Gasteiger partial charge in [-0.2, -0.15) is 0 Å². The molecule has 23 heavy (non-hydrogen) atoms. The number of nitro groups is 1. The third kappa shape index (κ3) is 4.43. The van der Waals surface area contributed by atoms with Crippen LogP contribution in [0.25, 0.3) is 0 Å². The van der Waals surface area contributed by atoms with Gasteiger partial charge >= 0.3 is 0 Å². The molecule has 0 radical (unpaired) electrons. The van der Waals surface area contributed by atoms with Gasteiger partial charge in [-0.15, -0.1) is 0 Å². The minimum absolute atomic E-state index is 0.0931. The Bertz CT molecular complexity index is 717. The fourth-order valence-corrected chi connectivity index (χ4v) is 2.21. The molecule has 0 bridgehead atoms. The molecule has 0 aliphatic carbocycles. The van der Waals surface area contributed by atoms with E-state index < -0.39 is 10.8 Å². The maximum Gasteiger partial charge on any atom is 0.270 e. The number of nitrogens with zero attached hydrogens (tertiary/aromatic N) is 1. The molecule has 0 unspecified atom stereocenters. The van der Waals surface area contributed by atoms with Crippen LogP contribution in [0.15, 0.2) is 42.5 Å². The van der Waals surface area contributed by atoms with E-state index in [1.807, 2.05) is 24.3 Å². The average molecular weight is 335 g/mol. The highest BCUT2D eigenvalue weighted by atomic mass is 35.5. The predicted octanol–water partition coefficient (Wildman–Crippen LogP) is 3.23. The number of ether oxygens (including phenoxy) is 1. The van der Waals surface area contributed by atoms with Gasteiger partial charge in [-0.25, -0.2) is 0 Å². The Morgan fingerprint density at radius 1 is 1.26 bits per heavy atom. The Morgan fingerprint density at radius 2 is 1.96 bits per heavy atom. The zero-order valence-corrected chi connectivity index (χ0v) is 13.2. The fourth-order valence-electron chi connectivity index (χ4n) is 2.01. The van der Waals surface area contributed by atoms with Crippen molar-refractivity contribution < 1.29 is 14.5 Å². The van der Waals surface area contributed by atoms with Gasteiger partial charge in [0.05, 0.1) is 22.6 Å². The molecule has 0 saturated carbocycles. The van der Waals surface area contributed by atoms with Crippen molar-refractivity contribution in [2.75, 3.05) is 13.7 Å². The van der Waals surface area contributed by atoms with Crippen LogP contribution in [0.5, 0.6) is 5.75 Å². The maximum atomic E-state index is 12.1. The Hall–Kier alpha value is -2.60. The van der Waals surface area contributed by atoms with Crippen molar-refractivity contribution in [3.05, 3.63) is 68.7 Å². The third-order valence-electron chi connectivity index (χ3n) is 3.26. The number of nitrogens with one attached hydrogen (secondary N) is 1. The normalized spacial score (nSPS) is 10.2. The lowest BCUT2D eigenvalue weighted by molar-refractivity contribution is -0.384. The first-order chi connectivity index (χ1) is 11.0. The molecule has 2 aromatic carbocycles. The topological polar surface area (TPSA) is 81.5 Å². The number of halogens is 1. The SMILES string of the molecule is COc1ccc(CCNC(=O)c2cc([N+](=O)[O-])ccc2Cl)cc1. The highest BCUT2D eigenvalue weighted by Crippen LogP contribution is 2.22. The third-order valence-corrected chi connectivity index (χ3v) is 3.59. The Labute approximate surface area is 138 Å². The van der Waals surface area contributed by atoms with Crippen molar-refractivity contribution >= 4 is 23.2 Å². The summed E-state index contributed by atoms with van der Waals surface area (Å²) in [6.07, 6.45) is 0.627. The summed E-state index contributed by atoms with van der Waals surface area (Å²) in [5.41, 5.74) is 0.960. The Balaban J connectivity index is 1.96. The van der Waals surface area contributed by atoms with Gasteiger partial charge in [0.2, 0.25) is 0 Å². The Kier molecular flexibility index (Phi) is 5.54. The lowest BCUT2D eigenvalue weighted by Gasteiger charge is -2.07. The van der Waals surface area contributed by atoms with E-state index in [1.165, 1.54) is 18.2 Å². The Morgan fingerprint density at radius 3 is 2.57 bits per heavy atom. The van der Waals surface area contributed by atoms with Crippen molar-refractivity contribution in [1.82, 2.24) is 5.32 Å². The highest BCUT2D eigenvalue weighted by molar-refractivity contribution is 6.33. The number of non-ortho nitro benzene ring substituents is 1. The van der Waals surface area contributed by atoms with E-state index in [1.54, 1.807) is 7.11 Å². The second-order valence-corrected chi connectivity index (χ2v) is 5.18. The smallest absolute Gasteiger partial charge is 0.270 e. The molecule has 0 aromatic heterocycles. The first-order valence-corrected chi connectivity index (χ1v) is 7.24. The number of nitro benzene ring substituents is 1. The molecule has 6 nitrogen and oxygen atoms in total. The number of amides is 1. The lowest BCUT2D eigenvalue weighted by atomic mass is 10.1. The van der Waals surface area contributed by atoms with Crippen molar-refractivity contribution in [3.8, 4) is 5.75 Å². The minimum Gasteiger partial charge on any atom is -0.497 e. The first kappa shape index (κ1) is 16.8. The lowest BCUT2D eigenvalue weighted by Crippen LogP contribution is -2.26. The monoisotopic (exact) mass is 334 g/mol. The summed E-state index contributed by atoms with van der Waals surface area (Å²) in [5.74, 6) is 0.327. The summed E-state index contributed by atoms with van der Waals surface area (Å²) in [6, 6.07) is 11.3. The van der Waals surface area contributed by atoms with E-state index in [9.17, 15) is 14.9 Å². The highest BCUT2D eigenvalue weighted by Gasteiger charge is 2.15. The van der Waals surface area contributed by atoms with Crippen LogP contribution >= 0.6 is 11.6 Å². The molecule has 120 valence electrons. The van der Waals surface area contributed by atoms with Gasteiger partial charge in [0.25, 0.3) is 11.6 Å². The van der Waals surface area contributed by atoms with E-state index >= 15 is 0 Å². The molecule has 2 aromatic rings. The van der Waals surface area contributed by atoms with Crippen LogP contribution in [-0.2, 0) is 6.42 Å². The minimum atomic E-state index is -0.565. The van der Waals surface area contributed by atoms with Gasteiger partial charge in [0.1, 0.15) is 5.75 Å². The van der Waals surface area contributed by atoms with E-state index in [4.69, 9.17) is 16.3 Å². The molecule has 0 heterocycles. The molecular formula is C16H15ClN2O4. The quantitative estimate of drug-likeness (QED) is 0.649. The molecule has 0 aliphatic heterocycles. The number of methoxy groups -OCH3 is 1. The molecule has 2 rings (SSSR count). The number of hydrogen-bond donors (Lipinski definition) is 1. The first-order valence-electron chi connectivity index (χ1n) is 6.86. The number of hydrogen-bond acceptors (Lipinski definition) is 4. The summed E-state index contributed by atoms with van der Waals surface area (Å²) in [7, 11) is 1.60. The number of carbonyl (C=O) groups excluding carboxylic acids is 1. The van der Waals surface area contributed by atoms with Crippen LogP contribution in [-0.4, -0.2) is 24.5 Å². The van der Waals surface area contributed by atoms with Crippen LogP contribution in [0.4, 0.5) is 5.69 Å². The van der Waals surface area contributed by atoms with E-state index in [0.29, 0.717) is 13.0 Å². The van der Waals surface area contributed by atoms with Gasteiger partial charge in [-0.1, -0.05) is 23.7 Å². The summed E-state index contributed by atoms with van der Waals surface area (Å²) in [6.45, 7) is 0.393. The summed E-state index contributed by atoms with van der Waals surface area (Å²) >= 11 is 5.93. The van der Waals surface area contributed by atoms with E-state index in [2.05, 4.69) is 5.32 Å². The van der Waals surface area contributed by atoms with Crippen LogP contribution in [0.2, 0.25) is 5.02 Å². The zero-order chi connectivity index (χ0) is 16.8. The molecule has 0 fully saturated rings. The number of rotatable bonds is 6. The molecule has 1 N–H and O–H groups in total. The second-order valence-electron chi connectivity index (χ2n) is 4.78. The maximum absolute atomic E-state index is 12.1. The molecule has 0 spiro atoms. The summed E-state index contributed by atoms with van der Waals surface area (Å²) in [5, 5.41) is 13.6. The van der Waals surface area contributed by atoms with Gasteiger partial charge in [0, 0.05) is 18.7 Å². The predicted molar refractivity (Wildman–Crippen MR) is 87.1 cm³/mol. The number of carbonyl (C=O) groups is 1. The summed E-state index contributed by atoms with van der Waals surface area (Å²) in [4.78, 5) is 22.3. The standard InChI is InChI=1S/C16H15ClN2O4/c1-23-13-5-2-11(3-6-13)8-9-18-16(20)14-10-12(19(21)22)4-7-15(14)17/h2-7,10H,8-9H2,1H3,(H,18,20). The molecule has 7 heteroatoms. The average Bonchev–Trinajstić information content (AvgIpc) is 2.55. The molecule has 0 aliphatic rings. The van der Waals surface area contributed by atoms with Crippen LogP contribution in [0, 0.1) is 10.1 Å². The van der Waals surface area contributed by atoms with Crippen molar-refractivity contribution in [3.63, 3.8) is 0 Å². The van der Waals surface area contributed by atoms with Crippen LogP contribution in [0.1, 0.15) is 15.9 Å². The molecule has 0 saturated heterocycles. The van der Waals surface area contributed by atoms with E-state index in [-0.39, 0.29) is 16.3 Å². The largest absolute Gasteiger partial charge is 0.497 e. The number of benzene rings is 2. The van der Waals surface area contributed by atoms with Crippen LogP contribution in [0.3, 0.4) is 0 Å². The van der Waals surface area contributed by atoms with Crippen molar-refractivity contribution in [2.45, 2.75) is 6.42 Å². The van der Waals surface area contributed by atoms with Crippen LogP contribution < -0.4 is 10.1 Å². The molecule has 1 amide bonds. The zero-order valence-electron chi connectivity index (χ0n) is 12.4. The van der Waals surface area contributed by atoms with Crippen molar-refractivity contribution in [2.24, 2.45) is 0 Å². The van der Waals surface area contributed by atoms with Gasteiger partial charge in [0.15, 0.2) is 0 Å². The second kappa shape index (κ2) is 7.60. The van der Waals surface area contributed by atoms with Gasteiger partial charge < -0.3 is 10.1 Å². The molecular weight excluding hydrogens is 320 g/mol. The summed E-state index contributed by atoms with van der Waals surface area (Å²) < 4.78 is 5.07.